The van der Waals surface area contributed by atoms with Crippen molar-refractivity contribution in [3.63, 3.8) is 0 Å². The van der Waals surface area contributed by atoms with Crippen molar-refractivity contribution in [3.8, 4) is 0 Å². The minimum atomic E-state index is 0.562. The zero-order valence-corrected chi connectivity index (χ0v) is 6.46. The van der Waals surface area contributed by atoms with Gasteiger partial charge in [-0.2, -0.15) is 0 Å². The van der Waals surface area contributed by atoms with Gasteiger partial charge in [0.2, 0.25) is 0 Å². The van der Waals surface area contributed by atoms with Crippen molar-refractivity contribution in [3.05, 3.63) is 0 Å². The van der Waals surface area contributed by atoms with Gasteiger partial charge in [0, 0.05) is 4.32 Å². The summed E-state index contributed by atoms with van der Waals surface area (Å²) in [6, 6.07) is 0. The van der Waals surface area contributed by atoms with Gasteiger partial charge in [0.1, 0.15) is 0 Å². The Hall–Kier alpha value is 0.480. The highest BCUT2D eigenvalue weighted by Crippen LogP contribution is 2.50. The van der Waals surface area contributed by atoms with Gasteiger partial charge < -0.3 is 0 Å². The van der Waals surface area contributed by atoms with Crippen LogP contribution in [0, 0.1) is 5.92 Å². The Labute approximate surface area is 53.4 Å². The highest BCUT2D eigenvalue weighted by atomic mass is 79.9. The van der Waals surface area contributed by atoms with E-state index in [1.54, 1.807) is 0 Å². The predicted octanol–water partition coefficient (Wildman–Crippen LogP) is 2.57. The fraction of sp³-hybridized carbons (Fsp3) is 1.00. The van der Waals surface area contributed by atoms with E-state index in [0.29, 0.717) is 4.32 Å². The van der Waals surface area contributed by atoms with E-state index in [1.165, 1.54) is 12.8 Å². The van der Waals surface area contributed by atoms with E-state index in [9.17, 15) is 0 Å². The van der Waals surface area contributed by atoms with Crippen LogP contribution in [0.2, 0.25) is 0 Å². The molecule has 0 bridgehead atoms. The lowest BCUT2D eigenvalue weighted by Crippen LogP contribution is -2.05. The Kier molecular flexibility index (Phi) is 1.18. The first-order valence-electron chi connectivity index (χ1n) is 2.84. The summed E-state index contributed by atoms with van der Waals surface area (Å²) < 4.78 is 0.562. The zero-order chi connectivity index (χ0) is 5.49. The van der Waals surface area contributed by atoms with Gasteiger partial charge in [-0.25, -0.2) is 0 Å². The van der Waals surface area contributed by atoms with E-state index in [4.69, 9.17) is 0 Å². The van der Waals surface area contributed by atoms with E-state index in [0.717, 1.165) is 5.92 Å². The molecule has 1 aliphatic carbocycles. The Morgan fingerprint density at radius 3 is 1.86 bits per heavy atom. The third-order valence-electron chi connectivity index (χ3n) is 1.76. The SMILES string of the molecule is CC(C)C1(Br)CC1. The van der Waals surface area contributed by atoms with Crippen LogP contribution >= 0.6 is 15.9 Å². The zero-order valence-electron chi connectivity index (χ0n) is 4.87. The first-order valence-corrected chi connectivity index (χ1v) is 3.63. The average molecular weight is 163 g/mol. The van der Waals surface area contributed by atoms with Crippen molar-refractivity contribution >= 4 is 15.9 Å². The summed E-state index contributed by atoms with van der Waals surface area (Å²) in [5, 5.41) is 0. The van der Waals surface area contributed by atoms with Gasteiger partial charge in [-0.05, 0) is 18.8 Å². The summed E-state index contributed by atoms with van der Waals surface area (Å²) in [6.07, 6.45) is 2.76. The molecule has 1 aliphatic rings. The van der Waals surface area contributed by atoms with Crippen LogP contribution in [0.1, 0.15) is 26.7 Å². The second-order valence-electron chi connectivity index (χ2n) is 2.69. The summed E-state index contributed by atoms with van der Waals surface area (Å²) in [7, 11) is 0. The summed E-state index contributed by atoms with van der Waals surface area (Å²) in [6.45, 7) is 4.53. The van der Waals surface area contributed by atoms with Crippen molar-refractivity contribution in [2.45, 2.75) is 31.0 Å². The summed E-state index contributed by atoms with van der Waals surface area (Å²) >= 11 is 3.65. The molecule has 0 radical (unpaired) electrons. The molecular weight excluding hydrogens is 152 g/mol. The van der Waals surface area contributed by atoms with Crippen molar-refractivity contribution in [2.75, 3.05) is 0 Å². The molecule has 0 aliphatic heterocycles. The van der Waals surface area contributed by atoms with Crippen LogP contribution in [-0.4, -0.2) is 4.32 Å². The maximum Gasteiger partial charge on any atom is 0.0281 e. The molecule has 1 fully saturated rings. The van der Waals surface area contributed by atoms with E-state index in [2.05, 4.69) is 29.8 Å². The minimum absolute atomic E-state index is 0.562. The average Bonchev–Trinajstić information content (AvgIpc) is 2.21. The van der Waals surface area contributed by atoms with Crippen LogP contribution in [0.25, 0.3) is 0 Å². The van der Waals surface area contributed by atoms with Gasteiger partial charge in [-0.1, -0.05) is 29.8 Å². The number of hydrogen-bond acceptors (Lipinski definition) is 0. The lowest BCUT2D eigenvalue weighted by atomic mass is 10.1. The highest BCUT2D eigenvalue weighted by Gasteiger charge is 2.42. The van der Waals surface area contributed by atoms with Crippen LogP contribution < -0.4 is 0 Å². The molecule has 1 rings (SSSR count). The third-order valence-corrected chi connectivity index (χ3v) is 3.47. The second kappa shape index (κ2) is 1.48. The number of rotatable bonds is 1. The van der Waals surface area contributed by atoms with Crippen molar-refractivity contribution in [1.29, 1.82) is 0 Å². The van der Waals surface area contributed by atoms with Crippen molar-refractivity contribution < 1.29 is 0 Å². The first-order chi connectivity index (χ1) is 3.15. The van der Waals surface area contributed by atoms with Crippen LogP contribution in [0.4, 0.5) is 0 Å². The van der Waals surface area contributed by atoms with Gasteiger partial charge in [0.05, 0.1) is 0 Å². The molecule has 42 valence electrons. The smallest absolute Gasteiger partial charge is 0.0281 e. The molecular formula is C6H11Br. The van der Waals surface area contributed by atoms with Crippen LogP contribution in [0.15, 0.2) is 0 Å². The first kappa shape index (κ1) is 5.61. The summed E-state index contributed by atoms with van der Waals surface area (Å²) in [5.74, 6) is 0.826. The fourth-order valence-electron chi connectivity index (χ4n) is 0.697. The Morgan fingerprint density at radius 1 is 1.43 bits per heavy atom. The van der Waals surface area contributed by atoms with E-state index in [-0.39, 0.29) is 0 Å². The molecule has 0 heterocycles. The van der Waals surface area contributed by atoms with E-state index < -0.39 is 0 Å². The molecule has 0 saturated heterocycles. The molecule has 0 aromatic rings. The topological polar surface area (TPSA) is 0 Å². The number of hydrogen-bond donors (Lipinski definition) is 0. The Morgan fingerprint density at radius 2 is 1.86 bits per heavy atom. The molecule has 0 atom stereocenters. The molecule has 1 heteroatoms. The molecule has 0 spiro atoms. The largest absolute Gasteiger partial charge is 0.0851 e. The fourth-order valence-corrected chi connectivity index (χ4v) is 0.895. The van der Waals surface area contributed by atoms with Crippen molar-refractivity contribution in [2.24, 2.45) is 5.92 Å². The third kappa shape index (κ3) is 0.987. The van der Waals surface area contributed by atoms with Crippen molar-refractivity contribution in [1.82, 2.24) is 0 Å². The molecule has 0 aromatic carbocycles. The molecule has 0 aromatic heterocycles. The summed E-state index contributed by atoms with van der Waals surface area (Å²) in [4.78, 5) is 0. The van der Waals surface area contributed by atoms with Crippen LogP contribution in [-0.2, 0) is 0 Å². The molecule has 7 heavy (non-hydrogen) atoms. The second-order valence-corrected chi connectivity index (χ2v) is 4.27. The Bertz CT molecular complexity index is 72.2. The maximum atomic E-state index is 3.65. The number of alkyl halides is 1. The normalized spacial score (nSPS) is 25.7. The molecule has 0 nitrogen and oxygen atoms in total. The quantitative estimate of drug-likeness (QED) is 0.521. The maximum absolute atomic E-state index is 3.65. The standard InChI is InChI=1S/C6H11Br/c1-5(2)6(7)3-4-6/h5H,3-4H2,1-2H3. The molecule has 1 saturated carbocycles. The molecule has 0 unspecified atom stereocenters. The van der Waals surface area contributed by atoms with E-state index >= 15 is 0 Å². The minimum Gasteiger partial charge on any atom is -0.0851 e. The van der Waals surface area contributed by atoms with Crippen LogP contribution in [0.5, 0.6) is 0 Å². The lowest BCUT2D eigenvalue weighted by molar-refractivity contribution is 0.612. The van der Waals surface area contributed by atoms with Crippen LogP contribution in [0.3, 0.4) is 0 Å². The predicted molar refractivity (Wildman–Crippen MR) is 35.7 cm³/mol. The monoisotopic (exact) mass is 162 g/mol. The summed E-state index contributed by atoms with van der Waals surface area (Å²) in [5.41, 5.74) is 0. The Balaban J connectivity index is 2.39. The van der Waals surface area contributed by atoms with Gasteiger partial charge in [-0.3, -0.25) is 0 Å². The van der Waals surface area contributed by atoms with Gasteiger partial charge in [0.25, 0.3) is 0 Å². The highest BCUT2D eigenvalue weighted by molar-refractivity contribution is 9.10. The van der Waals surface area contributed by atoms with Gasteiger partial charge in [-0.15, -0.1) is 0 Å². The van der Waals surface area contributed by atoms with E-state index in [1.807, 2.05) is 0 Å². The van der Waals surface area contributed by atoms with Gasteiger partial charge >= 0.3 is 0 Å². The molecule has 0 amide bonds. The number of halogens is 1. The van der Waals surface area contributed by atoms with Gasteiger partial charge in [0.15, 0.2) is 0 Å². The molecule has 0 N–H and O–H groups in total. The lowest BCUT2D eigenvalue weighted by Gasteiger charge is -2.08.